The molecule has 2 aromatic rings. The van der Waals surface area contributed by atoms with E-state index in [4.69, 9.17) is 21.1 Å². The molecule has 5 nitrogen and oxygen atoms in total. The van der Waals surface area contributed by atoms with Gasteiger partial charge in [0.25, 0.3) is 6.29 Å². The fraction of sp³-hybridized carbons (Fsp3) is 0.200. The number of cyclic esters (lactones) is 1. The lowest BCUT2D eigenvalue weighted by Crippen LogP contribution is -2.24. The molecule has 2 aromatic carbocycles. The first-order valence-electron chi connectivity index (χ1n) is 8.07. The summed E-state index contributed by atoms with van der Waals surface area (Å²) in [5, 5.41) is 2.94. The largest absolute Gasteiger partial charge is 0.415 e. The van der Waals surface area contributed by atoms with Gasteiger partial charge >= 0.3 is 11.9 Å². The van der Waals surface area contributed by atoms with E-state index in [1.807, 2.05) is 39.0 Å². The second-order valence-corrected chi connectivity index (χ2v) is 6.56. The van der Waals surface area contributed by atoms with Crippen LogP contribution in [0.25, 0.3) is 0 Å². The molecule has 1 atom stereocenters. The van der Waals surface area contributed by atoms with Crippen molar-refractivity contribution in [2.24, 2.45) is 0 Å². The van der Waals surface area contributed by atoms with Crippen LogP contribution in [0.4, 0.5) is 5.69 Å². The summed E-state index contributed by atoms with van der Waals surface area (Å²) >= 11 is 6.07. The van der Waals surface area contributed by atoms with Gasteiger partial charge in [-0.15, -0.1) is 0 Å². The lowest BCUT2D eigenvalue weighted by molar-refractivity contribution is -0.152. The summed E-state index contributed by atoms with van der Waals surface area (Å²) in [6, 6.07) is 12.7. The minimum atomic E-state index is -1.22. The molecule has 1 aliphatic rings. The number of ether oxygens (including phenoxy) is 2. The summed E-state index contributed by atoms with van der Waals surface area (Å²) in [5.41, 5.74) is 4.34. The van der Waals surface area contributed by atoms with E-state index in [-0.39, 0.29) is 10.7 Å². The van der Waals surface area contributed by atoms with Gasteiger partial charge in [0.2, 0.25) is 0 Å². The van der Waals surface area contributed by atoms with Crippen molar-refractivity contribution in [2.45, 2.75) is 27.1 Å². The van der Waals surface area contributed by atoms with Crippen LogP contribution in [0.2, 0.25) is 0 Å². The normalized spacial score (nSPS) is 16.5. The molecule has 0 aromatic heterocycles. The second kappa shape index (κ2) is 7.22. The van der Waals surface area contributed by atoms with Gasteiger partial charge in [-0.3, -0.25) is 0 Å². The minimum absolute atomic E-state index is 0.132. The Morgan fingerprint density at radius 2 is 1.73 bits per heavy atom. The highest BCUT2D eigenvalue weighted by Crippen LogP contribution is 2.30. The number of benzene rings is 2. The van der Waals surface area contributed by atoms with Gasteiger partial charge in [-0.25, -0.2) is 9.59 Å². The number of hydrogen-bond acceptors (Lipinski definition) is 5. The summed E-state index contributed by atoms with van der Waals surface area (Å²) in [7, 11) is 0. The maximum atomic E-state index is 12.3. The number of carbonyl (C=O) groups is 2. The molecular weight excluding hydrogens is 354 g/mol. The summed E-state index contributed by atoms with van der Waals surface area (Å²) < 4.78 is 10.4. The maximum Gasteiger partial charge on any atom is 0.355 e. The van der Waals surface area contributed by atoms with E-state index in [0.717, 1.165) is 22.4 Å². The van der Waals surface area contributed by atoms with Crippen molar-refractivity contribution in [3.63, 3.8) is 0 Å². The Kier molecular flexibility index (Phi) is 5.00. The molecule has 0 spiro atoms. The average molecular weight is 372 g/mol. The van der Waals surface area contributed by atoms with Crippen molar-refractivity contribution in [3.05, 3.63) is 75.4 Å². The van der Waals surface area contributed by atoms with Crippen LogP contribution in [-0.2, 0) is 14.3 Å². The first kappa shape index (κ1) is 18.0. The molecule has 0 amide bonds. The average Bonchev–Trinajstić information content (AvgIpc) is 2.86. The highest BCUT2D eigenvalue weighted by Gasteiger charge is 2.36. The van der Waals surface area contributed by atoms with Crippen molar-refractivity contribution in [1.82, 2.24) is 0 Å². The SMILES string of the molecule is Cc1ccc(C(=O)OC2OC(=O)C(Cl)=C2Nc2cc(C)ccc2C)cc1. The van der Waals surface area contributed by atoms with Crippen LogP contribution in [0.1, 0.15) is 27.0 Å². The number of esters is 2. The number of halogens is 1. The van der Waals surface area contributed by atoms with Crippen LogP contribution < -0.4 is 5.32 Å². The Balaban J connectivity index is 1.82. The van der Waals surface area contributed by atoms with Gasteiger partial charge in [0.1, 0.15) is 5.70 Å². The molecule has 1 heterocycles. The van der Waals surface area contributed by atoms with Crippen LogP contribution in [0.3, 0.4) is 0 Å². The Hall–Kier alpha value is -2.79. The highest BCUT2D eigenvalue weighted by atomic mass is 35.5. The van der Waals surface area contributed by atoms with Gasteiger partial charge in [-0.2, -0.15) is 0 Å². The van der Waals surface area contributed by atoms with E-state index in [0.29, 0.717) is 5.56 Å². The Labute approximate surface area is 156 Å². The van der Waals surface area contributed by atoms with Crippen LogP contribution >= 0.6 is 11.6 Å². The zero-order valence-electron chi connectivity index (χ0n) is 14.6. The van der Waals surface area contributed by atoms with Crippen molar-refractivity contribution in [2.75, 3.05) is 5.32 Å². The monoisotopic (exact) mass is 371 g/mol. The molecule has 1 unspecified atom stereocenters. The van der Waals surface area contributed by atoms with Gasteiger partial charge in [0, 0.05) is 5.69 Å². The molecule has 134 valence electrons. The van der Waals surface area contributed by atoms with Crippen molar-refractivity contribution >= 4 is 29.2 Å². The molecule has 3 rings (SSSR count). The van der Waals surface area contributed by atoms with Gasteiger partial charge in [0.15, 0.2) is 5.03 Å². The predicted octanol–water partition coefficient (Wildman–Crippen LogP) is 4.21. The van der Waals surface area contributed by atoms with Crippen LogP contribution in [0.5, 0.6) is 0 Å². The van der Waals surface area contributed by atoms with Crippen LogP contribution in [-0.4, -0.2) is 18.2 Å². The van der Waals surface area contributed by atoms with Crippen molar-refractivity contribution in [3.8, 4) is 0 Å². The first-order valence-corrected chi connectivity index (χ1v) is 8.45. The molecule has 0 aliphatic carbocycles. The zero-order chi connectivity index (χ0) is 18.8. The van der Waals surface area contributed by atoms with Crippen molar-refractivity contribution in [1.29, 1.82) is 0 Å². The summed E-state index contributed by atoms with van der Waals surface area (Å²) in [6.07, 6.45) is -1.22. The third kappa shape index (κ3) is 3.73. The highest BCUT2D eigenvalue weighted by molar-refractivity contribution is 6.42. The van der Waals surface area contributed by atoms with E-state index in [9.17, 15) is 9.59 Å². The summed E-state index contributed by atoms with van der Waals surface area (Å²) in [6.45, 7) is 5.79. The predicted molar refractivity (Wildman–Crippen MR) is 98.9 cm³/mol. The molecule has 1 N–H and O–H groups in total. The van der Waals surface area contributed by atoms with Gasteiger partial charge in [-0.05, 0) is 50.1 Å². The van der Waals surface area contributed by atoms with E-state index in [1.54, 1.807) is 24.3 Å². The van der Waals surface area contributed by atoms with Crippen LogP contribution in [0.15, 0.2) is 53.2 Å². The number of rotatable bonds is 4. The quantitative estimate of drug-likeness (QED) is 0.815. The standard InChI is InChI=1S/C20H18ClNO4/c1-11-5-8-14(9-6-11)18(23)25-20-17(16(21)19(24)26-20)22-15-10-12(2)4-7-13(15)3/h4-10,20,22H,1-3H3. The fourth-order valence-corrected chi connectivity index (χ4v) is 2.67. The zero-order valence-corrected chi connectivity index (χ0v) is 15.4. The van der Waals surface area contributed by atoms with Gasteiger partial charge < -0.3 is 14.8 Å². The Bertz CT molecular complexity index is 903. The molecule has 0 bridgehead atoms. The van der Waals surface area contributed by atoms with Gasteiger partial charge in [-0.1, -0.05) is 41.4 Å². The maximum absolute atomic E-state index is 12.3. The molecule has 0 saturated heterocycles. The van der Waals surface area contributed by atoms with E-state index in [2.05, 4.69) is 5.32 Å². The van der Waals surface area contributed by atoms with E-state index < -0.39 is 18.2 Å². The number of carbonyl (C=O) groups excluding carboxylic acids is 2. The van der Waals surface area contributed by atoms with E-state index >= 15 is 0 Å². The summed E-state index contributed by atoms with van der Waals surface area (Å²) in [4.78, 5) is 24.2. The summed E-state index contributed by atoms with van der Waals surface area (Å²) in [5.74, 6) is -1.34. The Morgan fingerprint density at radius 1 is 1.08 bits per heavy atom. The third-order valence-electron chi connectivity index (χ3n) is 4.03. The second-order valence-electron chi connectivity index (χ2n) is 6.18. The number of aryl methyl sites for hydroxylation is 3. The smallest absolute Gasteiger partial charge is 0.355 e. The van der Waals surface area contributed by atoms with Crippen LogP contribution in [0, 0.1) is 20.8 Å². The van der Waals surface area contributed by atoms with E-state index in [1.165, 1.54) is 0 Å². The molecular formula is C20H18ClNO4. The third-order valence-corrected chi connectivity index (χ3v) is 4.39. The number of anilines is 1. The Morgan fingerprint density at radius 3 is 2.42 bits per heavy atom. The molecule has 6 heteroatoms. The van der Waals surface area contributed by atoms with Crippen molar-refractivity contribution < 1.29 is 19.1 Å². The fourth-order valence-electron chi connectivity index (χ4n) is 2.49. The molecule has 0 saturated carbocycles. The number of hydrogen-bond donors (Lipinski definition) is 1. The first-order chi connectivity index (χ1) is 12.3. The molecule has 0 radical (unpaired) electrons. The van der Waals surface area contributed by atoms with Gasteiger partial charge in [0.05, 0.1) is 5.56 Å². The minimum Gasteiger partial charge on any atom is -0.415 e. The lowest BCUT2D eigenvalue weighted by atomic mass is 10.1. The topological polar surface area (TPSA) is 64.6 Å². The molecule has 0 fully saturated rings. The lowest BCUT2D eigenvalue weighted by Gasteiger charge is -2.17. The molecule has 26 heavy (non-hydrogen) atoms. The number of nitrogens with one attached hydrogen (secondary N) is 1. The molecule has 1 aliphatic heterocycles.